The highest BCUT2D eigenvalue weighted by Crippen LogP contribution is 2.35. The van der Waals surface area contributed by atoms with Crippen LogP contribution in [0.5, 0.6) is 0 Å². The normalized spacial score (nSPS) is 31.4. The third-order valence-corrected chi connectivity index (χ3v) is 4.13. The second-order valence-electron chi connectivity index (χ2n) is 5.79. The monoisotopic (exact) mass is 227 g/mol. The smallest absolute Gasteiger partial charge is 0.324 e. The third-order valence-electron chi connectivity index (χ3n) is 4.13. The molecule has 0 aromatic heterocycles. The Morgan fingerprint density at radius 2 is 2.12 bits per heavy atom. The second kappa shape index (κ2) is 4.74. The lowest BCUT2D eigenvalue weighted by atomic mass is 9.72. The molecular weight excluding hydrogens is 202 g/mol. The van der Waals surface area contributed by atoms with Gasteiger partial charge in [0.25, 0.3) is 0 Å². The molecule has 16 heavy (non-hydrogen) atoms. The van der Waals surface area contributed by atoms with Crippen LogP contribution in [0.4, 0.5) is 0 Å². The van der Waals surface area contributed by atoms with Crippen LogP contribution in [0.15, 0.2) is 0 Å². The van der Waals surface area contributed by atoms with E-state index in [1.807, 2.05) is 0 Å². The van der Waals surface area contributed by atoms with Gasteiger partial charge in [0.2, 0.25) is 0 Å². The van der Waals surface area contributed by atoms with Crippen molar-refractivity contribution in [2.45, 2.75) is 70.9 Å². The van der Waals surface area contributed by atoms with Crippen molar-refractivity contribution in [2.24, 2.45) is 5.92 Å². The highest BCUT2D eigenvalue weighted by molar-refractivity contribution is 5.79. The van der Waals surface area contributed by atoms with E-state index in [9.17, 15) is 9.90 Å². The van der Waals surface area contributed by atoms with Gasteiger partial charge in [-0.05, 0) is 39.0 Å². The molecule has 0 saturated heterocycles. The van der Waals surface area contributed by atoms with Gasteiger partial charge in [-0.3, -0.25) is 10.1 Å². The maximum Gasteiger partial charge on any atom is 0.324 e. The summed E-state index contributed by atoms with van der Waals surface area (Å²) in [5.41, 5.74) is -0.818. The summed E-state index contributed by atoms with van der Waals surface area (Å²) in [7, 11) is 0. The topological polar surface area (TPSA) is 49.3 Å². The van der Waals surface area contributed by atoms with E-state index in [1.54, 1.807) is 0 Å². The summed E-state index contributed by atoms with van der Waals surface area (Å²) in [6, 6.07) is 0. The molecule has 94 valence electrons. The average molecular weight is 227 g/mol. The molecule has 1 saturated carbocycles. The highest BCUT2D eigenvalue weighted by atomic mass is 16.4. The van der Waals surface area contributed by atoms with Crippen molar-refractivity contribution in [1.29, 1.82) is 0 Å². The minimum absolute atomic E-state index is 0.107. The molecule has 3 heteroatoms. The molecule has 0 amide bonds. The molecule has 1 aliphatic rings. The van der Waals surface area contributed by atoms with Gasteiger partial charge in [0, 0.05) is 5.54 Å². The van der Waals surface area contributed by atoms with Gasteiger partial charge in [0.05, 0.1) is 0 Å². The van der Waals surface area contributed by atoms with Crippen LogP contribution in [0.1, 0.15) is 59.8 Å². The van der Waals surface area contributed by atoms with Crippen LogP contribution in [0, 0.1) is 5.92 Å². The van der Waals surface area contributed by atoms with E-state index in [2.05, 4.69) is 33.0 Å². The average Bonchev–Trinajstić information content (AvgIpc) is 2.21. The highest BCUT2D eigenvalue weighted by Gasteiger charge is 2.47. The van der Waals surface area contributed by atoms with E-state index in [1.165, 1.54) is 0 Å². The fourth-order valence-electron chi connectivity index (χ4n) is 2.60. The first kappa shape index (κ1) is 13.5. The summed E-state index contributed by atoms with van der Waals surface area (Å²) in [5, 5.41) is 13.0. The number of rotatable bonds is 4. The van der Waals surface area contributed by atoms with Crippen molar-refractivity contribution in [3.8, 4) is 0 Å². The fraction of sp³-hybridized carbons (Fsp3) is 0.923. The summed E-state index contributed by atoms with van der Waals surface area (Å²) in [5.74, 6) is -0.467. The van der Waals surface area contributed by atoms with Crippen LogP contribution in [-0.4, -0.2) is 22.2 Å². The Hall–Kier alpha value is -0.570. The first-order valence-corrected chi connectivity index (χ1v) is 6.37. The van der Waals surface area contributed by atoms with Gasteiger partial charge >= 0.3 is 5.97 Å². The standard InChI is InChI=1S/C13H25NO2/c1-5-12(3,4)14-13(11(15)16)9-7-6-8-10(13)2/h10,14H,5-9H2,1-4H3,(H,15,16). The molecule has 0 aromatic carbocycles. The minimum atomic E-state index is -0.711. The second-order valence-corrected chi connectivity index (χ2v) is 5.79. The Kier molecular flexibility index (Phi) is 4.00. The maximum atomic E-state index is 11.6. The molecule has 0 aliphatic heterocycles. The zero-order valence-electron chi connectivity index (χ0n) is 11.0. The molecule has 0 aromatic rings. The quantitative estimate of drug-likeness (QED) is 0.776. The van der Waals surface area contributed by atoms with Gasteiger partial charge in [-0.25, -0.2) is 0 Å². The Labute approximate surface area is 98.6 Å². The SMILES string of the molecule is CCC(C)(C)NC1(C(=O)O)CCCCC1C. The van der Waals surface area contributed by atoms with Crippen LogP contribution in [0.3, 0.4) is 0 Å². The fourth-order valence-corrected chi connectivity index (χ4v) is 2.60. The summed E-state index contributed by atoms with van der Waals surface area (Å²) in [4.78, 5) is 11.6. The first-order valence-electron chi connectivity index (χ1n) is 6.37. The van der Waals surface area contributed by atoms with Crippen LogP contribution >= 0.6 is 0 Å². The van der Waals surface area contributed by atoms with Crippen LogP contribution in [0.25, 0.3) is 0 Å². The summed E-state index contributed by atoms with van der Waals surface area (Å²) >= 11 is 0. The zero-order valence-corrected chi connectivity index (χ0v) is 11.0. The van der Waals surface area contributed by atoms with E-state index in [-0.39, 0.29) is 11.5 Å². The van der Waals surface area contributed by atoms with Crippen LogP contribution < -0.4 is 5.32 Å². The van der Waals surface area contributed by atoms with Gasteiger partial charge < -0.3 is 5.11 Å². The zero-order chi connectivity index (χ0) is 12.4. The summed E-state index contributed by atoms with van der Waals surface area (Å²) in [6.07, 6.45) is 4.88. The van der Waals surface area contributed by atoms with E-state index >= 15 is 0 Å². The largest absolute Gasteiger partial charge is 0.480 e. The Morgan fingerprint density at radius 3 is 2.56 bits per heavy atom. The Bertz CT molecular complexity index is 263. The molecular formula is C13H25NO2. The Morgan fingerprint density at radius 1 is 1.50 bits per heavy atom. The van der Waals surface area contributed by atoms with Crippen molar-refractivity contribution in [3.05, 3.63) is 0 Å². The van der Waals surface area contributed by atoms with E-state index in [4.69, 9.17) is 0 Å². The van der Waals surface area contributed by atoms with Crippen molar-refractivity contribution in [1.82, 2.24) is 5.32 Å². The van der Waals surface area contributed by atoms with E-state index in [0.717, 1.165) is 32.1 Å². The molecule has 2 atom stereocenters. The predicted octanol–water partition coefficient (Wildman–Crippen LogP) is 2.80. The van der Waals surface area contributed by atoms with E-state index < -0.39 is 11.5 Å². The molecule has 1 aliphatic carbocycles. The molecule has 2 N–H and O–H groups in total. The van der Waals surface area contributed by atoms with Crippen molar-refractivity contribution in [2.75, 3.05) is 0 Å². The van der Waals surface area contributed by atoms with Crippen molar-refractivity contribution < 1.29 is 9.90 Å². The maximum absolute atomic E-state index is 11.6. The number of hydrogen-bond acceptors (Lipinski definition) is 2. The first-order chi connectivity index (χ1) is 7.34. The summed E-state index contributed by atoms with van der Waals surface area (Å²) in [6.45, 7) is 8.32. The lowest BCUT2D eigenvalue weighted by Crippen LogP contribution is -2.64. The Balaban J connectivity index is 2.92. The lowest BCUT2D eigenvalue weighted by Gasteiger charge is -2.45. The summed E-state index contributed by atoms with van der Waals surface area (Å²) < 4.78 is 0. The molecule has 0 radical (unpaired) electrons. The van der Waals surface area contributed by atoms with Crippen molar-refractivity contribution >= 4 is 5.97 Å². The number of carboxylic acids is 1. The number of nitrogens with one attached hydrogen (secondary N) is 1. The molecule has 0 bridgehead atoms. The van der Waals surface area contributed by atoms with E-state index in [0.29, 0.717) is 0 Å². The van der Waals surface area contributed by atoms with Gasteiger partial charge in [-0.15, -0.1) is 0 Å². The molecule has 1 fully saturated rings. The molecule has 0 spiro atoms. The molecule has 0 heterocycles. The van der Waals surface area contributed by atoms with Crippen LogP contribution in [-0.2, 0) is 4.79 Å². The van der Waals surface area contributed by atoms with Crippen molar-refractivity contribution in [3.63, 3.8) is 0 Å². The number of aliphatic carboxylic acids is 1. The van der Waals surface area contributed by atoms with Gasteiger partial charge in [-0.2, -0.15) is 0 Å². The van der Waals surface area contributed by atoms with Gasteiger partial charge in [0.1, 0.15) is 5.54 Å². The number of hydrogen-bond donors (Lipinski definition) is 2. The lowest BCUT2D eigenvalue weighted by molar-refractivity contribution is -0.150. The third kappa shape index (κ3) is 2.57. The van der Waals surface area contributed by atoms with Gasteiger partial charge in [0.15, 0.2) is 0 Å². The number of carboxylic acid groups (broad SMARTS) is 1. The molecule has 1 rings (SSSR count). The molecule has 2 unspecified atom stereocenters. The number of carbonyl (C=O) groups is 1. The minimum Gasteiger partial charge on any atom is -0.480 e. The van der Waals surface area contributed by atoms with Crippen LogP contribution in [0.2, 0.25) is 0 Å². The predicted molar refractivity (Wildman–Crippen MR) is 65.5 cm³/mol. The molecule has 3 nitrogen and oxygen atoms in total. The van der Waals surface area contributed by atoms with Gasteiger partial charge in [-0.1, -0.05) is 26.7 Å².